The number of hydrogen-bond donors (Lipinski definition) is 0. The molecule has 1 aromatic heterocycles. The van der Waals surface area contributed by atoms with Crippen LogP contribution in [0.2, 0.25) is 0 Å². The summed E-state index contributed by atoms with van der Waals surface area (Å²) in [6.45, 7) is 7.18. The number of nitrogens with zero attached hydrogens (tertiary/aromatic N) is 3. The number of aromatic nitrogens is 2. The molecule has 140 valence electrons. The molecule has 1 saturated heterocycles. The Hall–Kier alpha value is -2.31. The van der Waals surface area contributed by atoms with E-state index >= 15 is 0 Å². The lowest BCUT2D eigenvalue weighted by Gasteiger charge is -2.31. The third kappa shape index (κ3) is 4.26. The second kappa shape index (κ2) is 7.13. The van der Waals surface area contributed by atoms with E-state index in [-0.39, 0.29) is 16.9 Å². The highest BCUT2D eigenvalue weighted by molar-refractivity contribution is 5.94. The molecule has 0 spiro atoms. The molecule has 1 aromatic carbocycles. The van der Waals surface area contributed by atoms with Crippen molar-refractivity contribution in [2.45, 2.75) is 46.0 Å². The van der Waals surface area contributed by atoms with Crippen LogP contribution in [0.3, 0.4) is 0 Å². The van der Waals surface area contributed by atoms with Crippen LogP contribution < -0.4 is 0 Å². The van der Waals surface area contributed by atoms with Crippen LogP contribution in [0.15, 0.2) is 22.6 Å². The summed E-state index contributed by atoms with van der Waals surface area (Å²) in [5, 5.41) is 8.25. The maximum Gasteiger partial charge on any atom is 0.256 e. The zero-order valence-electron chi connectivity index (χ0n) is 15.3. The molecule has 1 aliphatic rings. The average Bonchev–Trinajstić information content (AvgIpc) is 3.01. The Morgan fingerprint density at radius 3 is 2.77 bits per heavy atom. The number of benzene rings is 1. The molecule has 0 N–H and O–H groups in total. The van der Waals surface area contributed by atoms with Gasteiger partial charge in [-0.2, -0.15) is 0 Å². The first-order chi connectivity index (χ1) is 12.2. The molecule has 26 heavy (non-hydrogen) atoms. The molecule has 7 heteroatoms. The second-order valence-electron chi connectivity index (χ2n) is 7.99. The topological polar surface area (TPSA) is 59.2 Å². The first kappa shape index (κ1) is 18.5. The van der Waals surface area contributed by atoms with Crippen molar-refractivity contribution >= 4 is 5.91 Å². The van der Waals surface area contributed by atoms with Crippen molar-refractivity contribution < 1.29 is 18.0 Å². The van der Waals surface area contributed by atoms with Gasteiger partial charge >= 0.3 is 0 Å². The molecule has 2 aromatic rings. The molecule has 0 saturated carbocycles. The van der Waals surface area contributed by atoms with Crippen LogP contribution in [0.25, 0.3) is 0 Å². The van der Waals surface area contributed by atoms with Gasteiger partial charge < -0.3 is 9.32 Å². The van der Waals surface area contributed by atoms with Gasteiger partial charge in [0.05, 0.1) is 11.5 Å². The van der Waals surface area contributed by atoms with Crippen LogP contribution in [-0.4, -0.2) is 34.1 Å². The fraction of sp³-hybridized carbons (Fsp3) is 0.526. The van der Waals surface area contributed by atoms with Crippen LogP contribution in [0.5, 0.6) is 0 Å². The molecule has 2 heterocycles. The van der Waals surface area contributed by atoms with Gasteiger partial charge in [0.2, 0.25) is 11.8 Å². The summed E-state index contributed by atoms with van der Waals surface area (Å²) in [6.07, 6.45) is 2.26. The number of halogens is 2. The Bertz CT molecular complexity index is 798. The summed E-state index contributed by atoms with van der Waals surface area (Å²) in [6, 6.07) is 3.00. The van der Waals surface area contributed by atoms with E-state index in [1.165, 1.54) is 6.07 Å². The first-order valence-electron chi connectivity index (χ1n) is 8.79. The third-order valence-electron chi connectivity index (χ3n) is 4.38. The van der Waals surface area contributed by atoms with Crippen molar-refractivity contribution in [3.63, 3.8) is 0 Å². The molecular weight excluding hydrogens is 340 g/mol. The van der Waals surface area contributed by atoms with E-state index in [1.807, 2.05) is 0 Å². The molecule has 1 unspecified atom stereocenters. The van der Waals surface area contributed by atoms with Gasteiger partial charge in [-0.3, -0.25) is 4.79 Å². The minimum absolute atomic E-state index is 0.0402. The normalized spacial score (nSPS) is 18.2. The van der Waals surface area contributed by atoms with Crippen LogP contribution in [0.4, 0.5) is 8.78 Å². The quantitative estimate of drug-likeness (QED) is 0.828. The van der Waals surface area contributed by atoms with E-state index in [9.17, 15) is 13.6 Å². The van der Waals surface area contributed by atoms with Crippen molar-refractivity contribution in [2.75, 3.05) is 13.1 Å². The molecule has 1 atom stereocenters. The maximum atomic E-state index is 13.9. The average molecular weight is 363 g/mol. The Labute approximate surface area is 151 Å². The maximum absolute atomic E-state index is 13.9. The van der Waals surface area contributed by atoms with Gasteiger partial charge in [0.25, 0.3) is 5.91 Å². The van der Waals surface area contributed by atoms with E-state index in [1.54, 1.807) is 4.90 Å². The van der Waals surface area contributed by atoms with Gasteiger partial charge in [0.15, 0.2) is 0 Å². The summed E-state index contributed by atoms with van der Waals surface area (Å²) < 4.78 is 32.8. The van der Waals surface area contributed by atoms with Gasteiger partial charge in [-0.25, -0.2) is 8.78 Å². The molecule has 3 rings (SSSR count). The number of hydrogen-bond acceptors (Lipinski definition) is 4. The minimum atomic E-state index is -0.845. The van der Waals surface area contributed by atoms with Gasteiger partial charge in [0.1, 0.15) is 11.6 Å². The summed E-state index contributed by atoms with van der Waals surface area (Å²) in [5.74, 6) is -0.962. The van der Waals surface area contributed by atoms with Gasteiger partial charge in [-0.15, -0.1) is 10.2 Å². The molecule has 0 radical (unpaired) electrons. The number of rotatable bonds is 3. The van der Waals surface area contributed by atoms with E-state index in [0.29, 0.717) is 31.3 Å². The van der Waals surface area contributed by atoms with Crippen molar-refractivity contribution in [1.29, 1.82) is 0 Å². The minimum Gasteiger partial charge on any atom is -0.425 e. The molecule has 1 aliphatic heterocycles. The van der Waals surface area contributed by atoms with E-state index < -0.39 is 17.5 Å². The number of piperidine rings is 1. The number of likely N-dealkylation sites (tertiary alicyclic amines) is 1. The fourth-order valence-electron chi connectivity index (χ4n) is 3.15. The summed E-state index contributed by atoms with van der Waals surface area (Å²) >= 11 is 0. The lowest BCUT2D eigenvalue weighted by Crippen LogP contribution is -2.39. The SMILES string of the molecule is CC(C)(C)Cc1nnc(C2CCCN(C(=O)c3ccc(F)cc3F)C2)o1. The second-order valence-corrected chi connectivity index (χ2v) is 7.99. The van der Waals surface area contributed by atoms with Gasteiger partial charge in [0, 0.05) is 25.6 Å². The van der Waals surface area contributed by atoms with E-state index in [4.69, 9.17) is 4.42 Å². The monoisotopic (exact) mass is 363 g/mol. The van der Waals surface area contributed by atoms with Crippen molar-refractivity contribution in [3.8, 4) is 0 Å². The smallest absolute Gasteiger partial charge is 0.256 e. The summed E-state index contributed by atoms with van der Waals surface area (Å²) in [4.78, 5) is 14.2. The molecule has 5 nitrogen and oxygen atoms in total. The number of carbonyl (C=O) groups is 1. The van der Waals surface area contributed by atoms with Crippen LogP contribution in [0, 0.1) is 17.0 Å². The Morgan fingerprint density at radius 1 is 1.31 bits per heavy atom. The summed E-state index contributed by atoms with van der Waals surface area (Å²) in [7, 11) is 0. The molecular formula is C19H23F2N3O2. The van der Waals surface area contributed by atoms with Crippen molar-refractivity contribution in [1.82, 2.24) is 15.1 Å². The first-order valence-corrected chi connectivity index (χ1v) is 8.79. The lowest BCUT2D eigenvalue weighted by atomic mass is 9.92. The lowest BCUT2D eigenvalue weighted by molar-refractivity contribution is 0.0693. The largest absolute Gasteiger partial charge is 0.425 e. The molecule has 1 fully saturated rings. The highest BCUT2D eigenvalue weighted by Crippen LogP contribution is 2.28. The number of amides is 1. The van der Waals surface area contributed by atoms with Gasteiger partial charge in [-0.1, -0.05) is 20.8 Å². The fourth-order valence-corrected chi connectivity index (χ4v) is 3.15. The molecule has 1 amide bonds. The molecule has 0 aliphatic carbocycles. The third-order valence-corrected chi connectivity index (χ3v) is 4.38. The van der Waals surface area contributed by atoms with Crippen LogP contribution in [0.1, 0.15) is 61.7 Å². The highest BCUT2D eigenvalue weighted by Gasteiger charge is 2.30. The van der Waals surface area contributed by atoms with Gasteiger partial charge in [-0.05, 0) is 30.4 Å². The Morgan fingerprint density at radius 2 is 2.08 bits per heavy atom. The van der Waals surface area contributed by atoms with Crippen molar-refractivity contribution in [2.24, 2.45) is 5.41 Å². The predicted molar refractivity (Wildman–Crippen MR) is 91.7 cm³/mol. The van der Waals surface area contributed by atoms with E-state index in [0.717, 1.165) is 25.0 Å². The van der Waals surface area contributed by atoms with Crippen LogP contribution in [-0.2, 0) is 6.42 Å². The number of carbonyl (C=O) groups excluding carboxylic acids is 1. The zero-order valence-corrected chi connectivity index (χ0v) is 15.3. The highest BCUT2D eigenvalue weighted by atomic mass is 19.1. The zero-order chi connectivity index (χ0) is 18.9. The Kier molecular flexibility index (Phi) is 5.07. The van der Waals surface area contributed by atoms with Crippen molar-refractivity contribution in [3.05, 3.63) is 47.2 Å². The molecule has 0 bridgehead atoms. The van der Waals surface area contributed by atoms with Crippen LogP contribution >= 0.6 is 0 Å². The standard InChI is InChI=1S/C19H23F2N3O2/c1-19(2,3)10-16-22-23-17(26-16)12-5-4-8-24(11-12)18(25)14-7-6-13(20)9-15(14)21/h6-7,9,12H,4-5,8,10-11H2,1-3H3. The summed E-state index contributed by atoms with van der Waals surface area (Å²) in [5.41, 5.74) is -0.0793. The predicted octanol–water partition coefficient (Wildman–Crippen LogP) is 3.96. The Balaban J connectivity index is 1.72. The van der Waals surface area contributed by atoms with E-state index in [2.05, 4.69) is 31.0 Å².